The topological polar surface area (TPSA) is 58.6 Å². The lowest BCUT2D eigenvalue weighted by Crippen LogP contribution is -2.42. The first-order valence-electron chi connectivity index (χ1n) is 8.16. The molecule has 146 valence electrons. The highest BCUT2D eigenvalue weighted by molar-refractivity contribution is 7.09. The number of likely N-dealkylation sites (N-methyl/N-ethyl adjacent to an activating group) is 1. The molecule has 1 aromatic heterocycles. The Morgan fingerprint density at radius 1 is 1.22 bits per heavy atom. The molecule has 1 heterocycles. The van der Waals surface area contributed by atoms with Gasteiger partial charge in [-0.15, -0.1) is 11.3 Å². The summed E-state index contributed by atoms with van der Waals surface area (Å²) in [5, 5.41) is 4.61. The molecular weight excluding hydrogens is 381 g/mol. The van der Waals surface area contributed by atoms with Gasteiger partial charge in [-0.1, -0.05) is 12.1 Å². The molecule has 0 radical (unpaired) electrons. The van der Waals surface area contributed by atoms with Gasteiger partial charge in [0.25, 0.3) is 5.91 Å². The number of amides is 2. The molecule has 0 spiro atoms. The van der Waals surface area contributed by atoms with Gasteiger partial charge < -0.3 is 15.0 Å². The van der Waals surface area contributed by atoms with Crippen LogP contribution in [0.1, 0.15) is 17.4 Å². The molecular formula is C18H19F3N2O3S. The van der Waals surface area contributed by atoms with E-state index >= 15 is 0 Å². The van der Waals surface area contributed by atoms with Gasteiger partial charge in [-0.3, -0.25) is 9.59 Å². The quantitative estimate of drug-likeness (QED) is 0.740. The second-order valence-corrected chi connectivity index (χ2v) is 6.61. The smallest absolute Gasteiger partial charge is 0.416 e. The molecule has 9 heteroatoms. The van der Waals surface area contributed by atoms with Gasteiger partial charge in [0, 0.05) is 11.4 Å². The number of thiophene rings is 1. The van der Waals surface area contributed by atoms with Crippen molar-refractivity contribution < 1.29 is 27.5 Å². The second kappa shape index (κ2) is 9.40. The Labute approximate surface area is 158 Å². The van der Waals surface area contributed by atoms with Crippen LogP contribution in [0, 0.1) is 0 Å². The average molecular weight is 400 g/mol. The molecule has 0 bridgehead atoms. The van der Waals surface area contributed by atoms with Gasteiger partial charge in [0.15, 0.2) is 6.61 Å². The zero-order valence-corrected chi connectivity index (χ0v) is 15.4. The Kier molecular flexibility index (Phi) is 7.23. The number of carbonyl (C=O) groups is 2. The number of alkyl halides is 3. The molecule has 2 aromatic rings. The average Bonchev–Trinajstić information content (AvgIpc) is 3.15. The lowest BCUT2D eigenvalue weighted by molar-refractivity contribution is -0.138. The number of rotatable bonds is 8. The Morgan fingerprint density at radius 2 is 2.00 bits per heavy atom. The number of carbonyl (C=O) groups excluding carboxylic acids is 2. The maximum absolute atomic E-state index is 12.7. The molecule has 0 fully saturated rings. The summed E-state index contributed by atoms with van der Waals surface area (Å²) < 4.78 is 43.2. The summed E-state index contributed by atoms with van der Waals surface area (Å²) in [6, 6.07) is 8.06. The van der Waals surface area contributed by atoms with E-state index in [4.69, 9.17) is 4.74 Å². The van der Waals surface area contributed by atoms with Crippen LogP contribution in [0.5, 0.6) is 5.75 Å². The van der Waals surface area contributed by atoms with E-state index in [2.05, 4.69) is 5.32 Å². The van der Waals surface area contributed by atoms with Crippen LogP contribution in [0.15, 0.2) is 41.8 Å². The third-order valence-electron chi connectivity index (χ3n) is 3.63. The third kappa shape index (κ3) is 6.59. The van der Waals surface area contributed by atoms with Crippen molar-refractivity contribution in [2.24, 2.45) is 0 Å². The zero-order valence-electron chi connectivity index (χ0n) is 14.6. The van der Waals surface area contributed by atoms with Crippen LogP contribution in [-0.2, 0) is 22.3 Å². The third-order valence-corrected chi connectivity index (χ3v) is 4.51. The van der Waals surface area contributed by atoms with E-state index in [9.17, 15) is 22.8 Å². The van der Waals surface area contributed by atoms with E-state index in [1.54, 1.807) is 6.92 Å². The van der Waals surface area contributed by atoms with Gasteiger partial charge >= 0.3 is 6.18 Å². The van der Waals surface area contributed by atoms with E-state index in [1.807, 2.05) is 17.5 Å². The molecule has 0 saturated carbocycles. The fourth-order valence-electron chi connectivity index (χ4n) is 2.20. The van der Waals surface area contributed by atoms with Crippen molar-refractivity contribution in [3.8, 4) is 5.75 Å². The van der Waals surface area contributed by atoms with E-state index in [1.165, 1.54) is 28.4 Å². The minimum atomic E-state index is -4.49. The number of ether oxygens (including phenoxy) is 1. The molecule has 0 aliphatic carbocycles. The summed E-state index contributed by atoms with van der Waals surface area (Å²) in [6.07, 6.45) is -4.49. The molecule has 0 atom stereocenters. The van der Waals surface area contributed by atoms with Crippen molar-refractivity contribution >= 4 is 23.2 Å². The number of nitrogens with zero attached hydrogens (tertiary/aromatic N) is 1. The lowest BCUT2D eigenvalue weighted by atomic mass is 10.2. The van der Waals surface area contributed by atoms with Gasteiger partial charge in [-0.25, -0.2) is 0 Å². The van der Waals surface area contributed by atoms with Gasteiger partial charge in [-0.2, -0.15) is 13.2 Å². The Balaban J connectivity index is 1.84. The summed E-state index contributed by atoms with van der Waals surface area (Å²) in [5.74, 6) is -0.866. The fourth-order valence-corrected chi connectivity index (χ4v) is 2.85. The van der Waals surface area contributed by atoms with Crippen LogP contribution in [0.3, 0.4) is 0 Å². The number of hydrogen-bond donors (Lipinski definition) is 1. The summed E-state index contributed by atoms with van der Waals surface area (Å²) in [7, 11) is 0. The first kappa shape index (κ1) is 20.8. The number of benzene rings is 1. The van der Waals surface area contributed by atoms with Gasteiger partial charge in [0.05, 0.1) is 18.7 Å². The number of hydrogen-bond acceptors (Lipinski definition) is 4. The molecule has 0 aliphatic rings. The lowest BCUT2D eigenvalue weighted by Gasteiger charge is -2.20. The highest BCUT2D eigenvalue weighted by Crippen LogP contribution is 2.31. The van der Waals surface area contributed by atoms with Crippen molar-refractivity contribution in [2.75, 3.05) is 19.7 Å². The second-order valence-electron chi connectivity index (χ2n) is 5.58. The monoisotopic (exact) mass is 400 g/mol. The van der Waals surface area contributed by atoms with E-state index in [0.29, 0.717) is 6.54 Å². The Morgan fingerprint density at radius 3 is 2.63 bits per heavy atom. The first-order valence-corrected chi connectivity index (χ1v) is 9.04. The van der Waals surface area contributed by atoms with Gasteiger partial charge in [0.2, 0.25) is 5.91 Å². The first-order chi connectivity index (χ1) is 12.8. The van der Waals surface area contributed by atoms with Crippen LogP contribution in [0.2, 0.25) is 0 Å². The summed E-state index contributed by atoms with van der Waals surface area (Å²) >= 11 is 1.51. The van der Waals surface area contributed by atoms with Crippen molar-refractivity contribution in [2.45, 2.75) is 19.6 Å². The molecule has 1 N–H and O–H groups in total. The zero-order chi connectivity index (χ0) is 19.9. The number of halogens is 3. The van der Waals surface area contributed by atoms with Crippen LogP contribution in [0.25, 0.3) is 0 Å². The minimum absolute atomic E-state index is 0.0589. The largest absolute Gasteiger partial charge is 0.484 e. The summed E-state index contributed by atoms with van der Waals surface area (Å²) in [5.41, 5.74) is -0.854. The highest BCUT2D eigenvalue weighted by Gasteiger charge is 2.30. The van der Waals surface area contributed by atoms with E-state index in [0.717, 1.165) is 17.0 Å². The molecule has 27 heavy (non-hydrogen) atoms. The van der Waals surface area contributed by atoms with Crippen molar-refractivity contribution in [1.82, 2.24) is 10.2 Å². The maximum atomic E-state index is 12.7. The van der Waals surface area contributed by atoms with Crippen LogP contribution in [0.4, 0.5) is 13.2 Å². The molecule has 0 aliphatic heterocycles. The normalized spacial score (nSPS) is 11.1. The van der Waals surface area contributed by atoms with Crippen molar-refractivity contribution in [1.29, 1.82) is 0 Å². The molecule has 0 saturated heterocycles. The van der Waals surface area contributed by atoms with Crippen molar-refractivity contribution in [3.05, 3.63) is 52.2 Å². The molecule has 5 nitrogen and oxygen atoms in total. The van der Waals surface area contributed by atoms with E-state index in [-0.39, 0.29) is 24.7 Å². The predicted molar refractivity (Wildman–Crippen MR) is 95.4 cm³/mol. The number of nitrogens with one attached hydrogen (secondary N) is 1. The molecule has 2 amide bonds. The van der Waals surface area contributed by atoms with Gasteiger partial charge in [-0.05, 0) is 36.6 Å². The minimum Gasteiger partial charge on any atom is -0.484 e. The van der Waals surface area contributed by atoms with E-state index < -0.39 is 24.3 Å². The van der Waals surface area contributed by atoms with Crippen LogP contribution < -0.4 is 10.1 Å². The molecule has 1 aromatic carbocycles. The fraction of sp³-hybridized carbons (Fsp3) is 0.333. The molecule has 0 unspecified atom stereocenters. The Bertz CT molecular complexity index is 763. The van der Waals surface area contributed by atoms with Gasteiger partial charge in [0.1, 0.15) is 5.75 Å². The van der Waals surface area contributed by atoms with Crippen molar-refractivity contribution in [3.63, 3.8) is 0 Å². The summed E-state index contributed by atoms with van der Waals surface area (Å²) in [4.78, 5) is 26.4. The van der Waals surface area contributed by atoms with Crippen LogP contribution >= 0.6 is 11.3 Å². The predicted octanol–water partition coefficient (Wildman–Crippen LogP) is 3.31. The Hall–Kier alpha value is -2.55. The van der Waals surface area contributed by atoms with Crippen LogP contribution in [-0.4, -0.2) is 36.4 Å². The molecule has 2 rings (SSSR count). The SMILES string of the molecule is CCN(CC(=O)NCc1cccs1)C(=O)COc1cccc(C(F)(F)F)c1. The maximum Gasteiger partial charge on any atom is 0.416 e. The summed E-state index contributed by atoms with van der Waals surface area (Å²) in [6.45, 7) is 1.76. The standard InChI is InChI=1S/C18H19F3N2O3S/c1-2-23(11-16(24)22-10-15-7-4-8-27-15)17(25)12-26-14-6-3-5-13(9-14)18(19,20)21/h3-9H,2,10-12H2,1H3,(H,22,24). The highest BCUT2D eigenvalue weighted by atomic mass is 32.1.